The molecule has 3 rings (SSSR count). The lowest BCUT2D eigenvalue weighted by atomic mass is 9.97. The Bertz CT molecular complexity index is 769. The van der Waals surface area contributed by atoms with Crippen molar-refractivity contribution in [1.82, 2.24) is 14.8 Å². The SMILES string of the molecule is Cc1noc(C)c1S(=O)(=O)NC1(C(=O)N2CC(CN)CC2C)CCCC1.Cl. The van der Waals surface area contributed by atoms with Crippen LogP contribution in [0.25, 0.3) is 0 Å². The lowest BCUT2D eigenvalue weighted by Gasteiger charge is -2.35. The monoisotopic (exact) mass is 420 g/mol. The molecule has 3 N–H and O–H groups in total. The van der Waals surface area contributed by atoms with E-state index in [-0.39, 0.29) is 40.9 Å². The molecule has 0 bridgehead atoms. The normalized spacial score (nSPS) is 24.8. The first-order chi connectivity index (χ1) is 12.2. The van der Waals surface area contributed by atoms with Crippen molar-refractivity contribution in [2.24, 2.45) is 11.7 Å². The fraction of sp³-hybridized carbons (Fsp3) is 0.765. The van der Waals surface area contributed by atoms with Crippen molar-refractivity contribution in [3.8, 4) is 0 Å². The van der Waals surface area contributed by atoms with Crippen LogP contribution < -0.4 is 10.5 Å². The molecule has 1 aromatic rings. The van der Waals surface area contributed by atoms with Gasteiger partial charge in [0.2, 0.25) is 15.9 Å². The van der Waals surface area contributed by atoms with Crippen molar-refractivity contribution in [3.05, 3.63) is 11.5 Å². The standard InChI is InChI=1S/C17H28N4O4S.ClH/c1-11-8-14(9-18)10-21(11)16(22)17(6-4-5-7-17)20-26(23,24)15-12(2)19-25-13(15)3;/h11,14,20H,4-10,18H2,1-3H3;1H. The number of hydrogen-bond acceptors (Lipinski definition) is 6. The van der Waals surface area contributed by atoms with Crippen LogP contribution >= 0.6 is 12.4 Å². The summed E-state index contributed by atoms with van der Waals surface area (Å²) >= 11 is 0. The molecular weight excluding hydrogens is 392 g/mol. The molecule has 1 amide bonds. The molecule has 1 aliphatic heterocycles. The van der Waals surface area contributed by atoms with E-state index in [0.29, 0.717) is 31.6 Å². The Morgan fingerprint density at radius 3 is 2.48 bits per heavy atom. The summed E-state index contributed by atoms with van der Waals surface area (Å²) in [6, 6.07) is 0.0668. The number of halogens is 1. The van der Waals surface area contributed by atoms with Crippen LogP contribution in [0.4, 0.5) is 0 Å². The first kappa shape index (κ1) is 22.1. The molecule has 1 saturated carbocycles. The lowest BCUT2D eigenvalue weighted by molar-refractivity contribution is -0.138. The van der Waals surface area contributed by atoms with E-state index in [2.05, 4.69) is 9.88 Å². The second-order valence-corrected chi connectivity index (χ2v) is 9.31. The summed E-state index contributed by atoms with van der Waals surface area (Å²) < 4.78 is 33.8. The molecule has 1 aliphatic carbocycles. The fourth-order valence-corrected chi connectivity index (χ4v) is 6.13. The van der Waals surface area contributed by atoms with Gasteiger partial charge in [-0.1, -0.05) is 18.0 Å². The van der Waals surface area contributed by atoms with Crippen molar-refractivity contribution in [1.29, 1.82) is 0 Å². The van der Waals surface area contributed by atoms with Gasteiger partial charge in [0.05, 0.1) is 0 Å². The second kappa shape index (κ2) is 8.06. The highest BCUT2D eigenvalue weighted by Crippen LogP contribution is 2.36. The molecule has 1 aromatic heterocycles. The molecule has 154 valence electrons. The van der Waals surface area contributed by atoms with Crippen molar-refractivity contribution in [2.75, 3.05) is 13.1 Å². The Hall–Kier alpha value is -1.16. The third-order valence-electron chi connectivity index (χ3n) is 5.69. The molecule has 0 spiro atoms. The van der Waals surface area contributed by atoms with Crippen molar-refractivity contribution in [3.63, 3.8) is 0 Å². The number of aryl methyl sites for hydroxylation is 2. The summed E-state index contributed by atoms with van der Waals surface area (Å²) in [5, 5.41) is 3.73. The van der Waals surface area contributed by atoms with E-state index < -0.39 is 15.6 Å². The van der Waals surface area contributed by atoms with E-state index in [9.17, 15) is 13.2 Å². The number of nitrogens with zero attached hydrogens (tertiary/aromatic N) is 2. The van der Waals surface area contributed by atoms with E-state index >= 15 is 0 Å². The maximum atomic E-state index is 13.4. The van der Waals surface area contributed by atoms with Crippen LogP contribution in [0.3, 0.4) is 0 Å². The number of carbonyl (C=O) groups is 1. The molecule has 2 atom stereocenters. The third kappa shape index (κ3) is 4.01. The van der Waals surface area contributed by atoms with E-state index in [1.54, 1.807) is 18.7 Å². The Morgan fingerprint density at radius 1 is 1.37 bits per heavy atom. The Balaban J connectivity index is 0.00000261. The average Bonchev–Trinajstić information content (AvgIpc) is 3.26. The molecule has 2 aliphatic rings. The van der Waals surface area contributed by atoms with Crippen LogP contribution in [0, 0.1) is 19.8 Å². The summed E-state index contributed by atoms with van der Waals surface area (Å²) in [7, 11) is -3.91. The molecule has 0 radical (unpaired) electrons. The molecule has 8 nitrogen and oxygen atoms in total. The third-order valence-corrected chi connectivity index (χ3v) is 7.47. The van der Waals surface area contributed by atoms with Crippen LogP contribution in [0.15, 0.2) is 9.42 Å². The van der Waals surface area contributed by atoms with Crippen LogP contribution in [0.1, 0.15) is 50.5 Å². The number of rotatable bonds is 5. The molecular formula is C17H29ClN4O4S. The minimum absolute atomic E-state index is 0. The Morgan fingerprint density at radius 2 is 2.00 bits per heavy atom. The Kier molecular flexibility index (Phi) is 6.61. The number of carbonyl (C=O) groups excluding carboxylic acids is 1. The maximum Gasteiger partial charge on any atom is 0.246 e. The summed E-state index contributed by atoms with van der Waals surface area (Å²) in [5.41, 5.74) is 4.99. The Labute approximate surface area is 166 Å². The highest BCUT2D eigenvalue weighted by molar-refractivity contribution is 7.89. The number of aromatic nitrogens is 1. The number of amides is 1. The van der Waals surface area contributed by atoms with E-state index in [0.717, 1.165) is 19.3 Å². The van der Waals surface area contributed by atoms with Gasteiger partial charge in [-0.05, 0) is 52.5 Å². The molecule has 0 aromatic carbocycles. The van der Waals surface area contributed by atoms with E-state index in [4.69, 9.17) is 10.3 Å². The molecule has 2 heterocycles. The van der Waals surface area contributed by atoms with Crippen molar-refractivity contribution in [2.45, 2.75) is 69.4 Å². The van der Waals surface area contributed by atoms with Gasteiger partial charge in [-0.15, -0.1) is 12.4 Å². The van der Waals surface area contributed by atoms with Gasteiger partial charge in [-0.2, -0.15) is 4.72 Å². The van der Waals surface area contributed by atoms with Crippen LogP contribution in [0.2, 0.25) is 0 Å². The first-order valence-electron chi connectivity index (χ1n) is 9.18. The van der Waals surface area contributed by atoms with E-state index in [1.165, 1.54) is 0 Å². The fourth-order valence-electron chi connectivity index (χ4n) is 4.38. The number of sulfonamides is 1. The zero-order valence-corrected chi connectivity index (χ0v) is 17.7. The topological polar surface area (TPSA) is 119 Å². The number of nitrogens with one attached hydrogen (secondary N) is 1. The minimum Gasteiger partial charge on any atom is -0.360 e. The predicted molar refractivity (Wildman–Crippen MR) is 103 cm³/mol. The van der Waals surface area contributed by atoms with Gasteiger partial charge in [-0.3, -0.25) is 4.79 Å². The molecule has 2 unspecified atom stereocenters. The molecule has 1 saturated heterocycles. The quantitative estimate of drug-likeness (QED) is 0.745. The van der Waals surface area contributed by atoms with Gasteiger partial charge in [0.1, 0.15) is 16.1 Å². The maximum absolute atomic E-state index is 13.4. The minimum atomic E-state index is -3.91. The highest BCUT2D eigenvalue weighted by Gasteiger charge is 2.49. The van der Waals surface area contributed by atoms with Crippen LogP contribution in [0.5, 0.6) is 0 Å². The van der Waals surface area contributed by atoms with Crippen LogP contribution in [-0.2, 0) is 14.8 Å². The summed E-state index contributed by atoms with van der Waals surface area (Å²) in [6.45, 7) is 6.27. The van der Waals surface area contributed by atoms with E-state index in [1.807, 2.05) is 6.92 Å². The largest absolute Gasteiger partial charge is 0.360 e. The first-order valence-corrected chi connectivity index (χ1v) is 10.7. The van der Waals surface area contributed by atoms with Gasteiger partial charge in [0.25, 0.3) is 0 Å². The molecule has 27 heavy (non-hydrogen) atoms. The van der Waals surface area contributed by atoms with Crippen molar-refractivity contribution >= 4 is 28.3 Å². The molecule has 2 fully saturated rings. The second-order valence-electron chi connectivity index (χ2n) is 7.69. The van der Waals surface area contributed by atoms with Gasteiger partial charge in [0, 0.05) is 12.6 Å². The van der Waals surface area contributed by atoms with Gasteiger partial charge in [0.15, 0.2) is 5.76 Å². The molecule has 10 heteroatoms. The smallest absolute Gasteiger partial charge is 0.246 e. The van der Waals surface area contributed by atoms with Crippen LogP contribution in [-0.4, -0.2) is 49.1 Å². The zero-order chi connectivity index (χ0) is 19.1. The summed E-state index contributed by atoms with van der Waals surface area (Å²) in [6.07, 6.45) is 3.50. The van der Waals surface area contributed by atoms with Gasteiger partial charge < -0.3 is 15.2 Å². The summed E-state index contributed by atoms with van der Waals surface area (Å²) in [4.78, 5) is 15.2. The highest BCUT2D eigenvalue weighted by atomic mass is 35.5. The van der Waals surface area contributed by atoms with Gasteiger partial charge in [-0.25, -0.2) is 8.42 Å². The lowest BCUT2D eigenvalue weighted by Crippen LogP contribution is -2.58. The van der Waals surface area contributed by atoms with Crippen molar-refractivity contribution < 1.29 is 17.7 Å². The number of likely N-dealkylation sites (tertiary alicyclic amines) is 1. The zero-order valence-electron chi connectivity index (χ0n) is 16.0. The van der Waals surface area contributed by atoms with Gasteiger partial charge >= 0.3 is 0 Å². The summed E-state index contributed by atoms with van der Waals surface area (Å²) in [5.74, 6) is 0.369. The number of nitrogens with two attached hydrogens (primary N) is 1. The predicted octanol–water partition coefficient (Wildman–Crippen LogP) is 1.50. The average molecular weight is 421 g/mol. The number of hydrogen-bond donors (Lipinski definition) is 2.